The zero-order valence-electron chi connectivity index (χ0n) is 16.0. The van der Waals surface area contributed by atoms with E-state index in [9.17, 15) is 0 Å². The molecule has 0 amide bonds. The minimum Gasteiger partial charge on any atom is -0.307 e. The van der Waals surface area contributed by atoms with E-state index in [2.05, 4.69) is 37.8 Å². The lowest BCUT2D eigenvalue weighted by Crippen LogP contribution is -2.20. The van der Waals surface area contributed by atoms with Crippen molar-refractivity contribution in [1.82, 2.24) is 29.0 Å². The van der Waals surface area contributed by atoms with Crippen LogP contribution in [0, 0.1) is 0 Å². The van der Waals surface area contributed by atoms with E-state index in [1.165, 1.54) is 0 Å². The first kappa shape index (κ1) is 19.0. The second-order valence-electron chi connectivity index (χ2n) is 6.78. The lowest BCUT2D eigenvalue weighted by atomic mass is 10.2. The normalized spacial score (nSPS) is 12.8. The van der Waals surface area contributed by atoms with E-state index in [0.29, 0.717) is 10.8 Å². The Kier molecular flexibility index (Phi) is 5.39. The van der Waals surface area contributed by atoms with Crippen LogP contribution in [0.25, 0.3) is 11.3 Å². The second kappa shape index (κ2) is 7.95. The standard InChI is InChI=1S/C20H21ClN6S/c1-14(25(2)3)19-23-24-20(27(19)17-9-7-15(21)8-10-17)28-13-16-12-26-11-5-4-6-18(26)22-16/h4-12,14H,13H2,1-3H3. The quantitative estimate of drug-likeness (QED) is 0.437. The van der Waals surface area contributed by atoms with Gasteiger partial charge in [0.15, 0.2) is 11.0 Å². The van der Waals surface area contributed by atoms with E-state index < -0.39 is 0 Å². The maximum atomic E-state index is 6.08. The van der Waals surface area contributed by atoms with Gasteiger partial charge < -0.3 is 4.40 Å². The van der Waals surface area contributed by atoms with Crippen molar-refractivity contribution in [2.75, 3.05) is 14.1 Å². The number of nitrogens with zero attached hydrogens (tertiary/aromatic N) is 6. The number of pyridine rings is 1. The number of thioether (sulfide) groups is 1. The summed E-state index contributed by atoms with van der Waals surface area (Å²) >= 11 is 7.71. The van der Waals surface area contributed by atoms with Crippen LogP contribution in [0.1, 0.15) is 24.5 Å². The smallest absolute Gasteiger partial charge is 0.196 e. The highest BCUT2D eigenvalue weighted by Crippen LogP contribution is 2.29. The third-order valence-corrected chi connectivity index (χ3v) is 5.87. The van der Waals surface area contributed by atoms with Crippen LogP contribution < -0.4 is 0 Å². The molecule has 8 heteroatoms. The molecule has 0 bridgehead atoms. The highest BCUT2D eigenvalue weighted by atomic mass is 35.5. The number of hydrogen-bond acceptors (Lipinski definition) is 5. The summed E-state index contributed by atoms with van der Waals surface area (Å²) in [7, 11) is 4.07. The first-order chi connectivity index (χ1) is 13.5. The molecule has 6 nitrogen and oxygen atoms in total. The predicted molar refractivity (Wildman–Crippen MR) is 113 cm³/mol. The fourth-order valence-electron chi connectivity index (χ4n) is 2.90. The topological polar surface area (TPSA) is 51.2 Å². The summed E-state index contributed by atoms with van der Waals surface area (Å²) in [4.78, 5) is 6.79. The van der Waals surface area contributed by atoms with Crippen LogP contribution in [0.5, 0.6) is 0 Å². The fraction of sp³-hybridized carbons (Fsp3) is 0.250. The maximum absolute atomic E-state index is 6.08. The fourth-order valence-corrected chi connectivity index (χ4v) is 3.87. The largest absolute Gasteiger partial charge is 0.307 e. The Bertz CT molecular complexity index is 1050. The van der Waals surface area contributed by atoms with Crippen molar-refractivity contribution in [3.63, 3.8) is 0 Å². The zero-order chi connectivity index (χ0) is 19.7. The van der Waals surface area contributed by atoms with Crippen LogP contribution in [-0.2, 0) is 5.75 Å². The van der Waals surface area contributed by atoms with Crippen molar-refractivity contribution in [3.05, 3.63) is 71.4 Å². The van der Waals surface area contributed by atoms with E-state index in [0.717, 1.165) is 28.0 Å². The van der Waals surface area contributed by atoms with Gasteiger partial charge in [-0.1, -0.05) is 29.4 Å². The summed E-state index contributed by atoms with van der Waals surface area (Å²) < 4.78 is 4.13. The number of imidazole rings is 1. The van der Waals surface area contributed by atoms with Crippen LogP contribution in [0.2, 0.25) is 5.02 Å². The monoisotopic (exact) mass is 412 g/mol. The molecule has 0 aliphatic rings. The molecule has 4 aromatic rings. The number of aromatic nitrogens is 5. The minimum absolute atomic E-state index is 0.118. The van der Waals surface area contributed by atoms with Crippen molar-refractivity contribution >= 4 is 29.0 Å². The molecule has 3 heterocycles. The number of halogens is 1. The van der Waals surface area contributed by atoms with Gasteiger partial charge >= 0.3 is 0 Å². The Morgan fingerprint density at radius 1 is 1.11 bits per heavy atom. The van der Waals surface area contributed by atoms with Gasteiger partial charge in [0, 0.05) is 28.9 Å². The van der Waals surface area contributed by atoms with Crippen molar-refractivity contribution in [3.8, 4) is 5.69 Å². The van der Waals surface area contributed by atoms with Gasteiger partial charge in [0.2, 0.25) is 0 Å². The number of benzene rings is 1. The lowest BCUT2D eigenvalue weighted by molar-refractivity contribution is 0.305. The Morgan fingerprint density at radius 2 is 1.89 bits per heavy atom. The molecule has 0 N–H and O–H groups in total. The molecule has 4 rings (SSSR count). The van der Waals surface area contributed by atoms with E-state index in [1.54, 1.807) is 11.8 Å². The summed E-state index contributed by atoms with van der Waals surface area (Å²) in [6.45, 7) is 2.12. The van der Waals surface area contributed by atoms with E-state index in [1.807, 2.05) is 67.2 Å². The average Bonchev–Trinajstić information content (AvgIpc) is 3.30. The Hall–Kier alpha value is -2.35. The van der Waals surface area contributed by atoms with Crippen molar-refractivity contribution < 1.29 is 0 Å². The molecule has 0 saturated heterocycles. The molecule has 0 saturated carbocycles. The Balaban J connectivity index is 1.66. The number of hydrogen-bond donors (Lipinski definition) is 0. The first-order valence-electron chi connectivity index (χ1n) is 8.96. The van der Waals surface area contributed by atoms with E-state index in [4.69, 9.17) is 11.6 Å². The molecule has 28 heavy (non-hydrogen) atoms. The molecule has 0 aliphatic carbocycles. The second-order valence-corrected chi connectivity index (χ2v) is 8.16. The van der Waals surface area contributed by atoms with Gasteiger partial charge in [0.25, 0.3) is 0 Å². The SMILES string of the molecule is CC(c1nnc(SCc2cn3ccccc3n2)n1-c1ccc(Cl)cc1)N(C)C. The molecule has 3 aromatic heterocycles. The summed E-state index contributed by atoms with van der Waals surface area (Å²) in [6.07, 6.45) is 4.05. The molecule has 1 aromatic carbocycles. The Labute approximate surface area is 173 Å². The molecule has 0 spiro atoms. The molecular weight excluding hydrogens is 392 g/mol. The molecule has 0 aliphatic heterocycles. The lowest BCUT2D eigenvalue weighted by Gasteiger charge is -2.20. The highest BCUT2D eigenvalue weighted by molar-refractivity contribution is 7.98. The summed E-state index contributed by atoms with van der Waals surface area (Å²) in [5.41, 5.74) is 2.94. The third-order valence-electron chi connectivity index (χ3n) is 4.65. The van der Waals surface area contributed by atoms with Gasteiger partial charge in [-0.05, 0) is 57.4 Å². The van der Waals surface area contributed by atoms with E-state index >= 15 is 0 Å². The summed E-state index contributed by atoms with van der Waals surface area (Å²) in [5.74, 6) is 1.61. The Morgan fingerprint density at radius 3 is 2.61 bits per heavy atom. The average molecular weight is 413 g/mol. The van der Waals surface area contributed by atoms with Gasteiger partial charge in [-0.15, -0.1) is 10.2 Å². The third kappa shape index (κ3) is 3.78. The summed E-state index contributed by atoms with van der Waals surface area (Å²) in [5, 5.41) is 10.5. The van der Waals surface area contributed by atoms with Crippen LogP contribution in [0.4, 0.5) is 0 Å². The maximum Gasteiger partial charge on any atom is 0.196 e. The molecule has 0 fully saturated rings. The predicted octanol–water partition coefficient (Wildman–Crippen LogP) is 4.48. The molecular formula is C20H21ClN6S. The van der Waals surface area contributed by atoms with Crippen LogP contribution in [0.15, 0.2) is 60.0 Å². The van der Waals surface area contributed by atoms with Gasteiger partial charge in [-0.3, -0.25) is 9.47 Å². The number of rotatable bonds is 6. The molecule has 1 unspecified atom stereocenters. The molecule has 144 valence electrons. The number of fused-ring (bicyclic) bond motifs is 1. The minimum atomic E-state index is 0.118. The van der Waals surface area contributed by atoms with Gasteiger partial charge in [-0.2, -0.15) is 0 Å². The van der Waals surface area contributed by atoms with Crippen molar-refractivity contribution in [2.45, 2.75) is 23.9 Å². The summed E-state index contributed by atoms with van der Waals surface area (Å²) in [6, 6.07) is 13.9. The first-order valence-corrected chi connectivity index (χ1v) is 10.3. The van der Waals surface area contributed by atoms with Gasteiger partial charge in [0.1, 0.15) is 5.65 Å². The van der Waals surface area contributed by atoms with Gasteiger partial charge in [0.05, 0.1) is 11.7 Å². The van der Waals surface area contributed by atoms with Crippen LogP contribution in [-0.4, -0.2) is 43.1 Å². The van der Waals surface area contributed by atoms with Crippen LogP contribution >= 0.6 is 23.4 Å². The zero-order valence-corrected chi connectivity index (χ0v) is 17.5. The van der Waals surface area contributed by atoms with E-state index in [-0.39, 0.29) is 6.04 Å². The van der Waals surface area contributed by atoms with Gasteiger partial charge in [-0.25, -0.2) is 4.98 Å². The van der Waals surface area contributed by atoms with Crippen molar-refractivity contribution in [1.29, 1.82) is 0 Å². The molecule has 1 atom stereocenters. The van der Waals surface area contributed by atoms with Crippen molar-refractivity contribution in [2.24, 2.45) is 0 Å². The molecule has 0 radical (unpaired) electrons. The van der Waals surface area contributed by atoms with Crippen LogP contribution in [0.3, 0.4) is 0 Å². The highest BCUT2D eigenvalue weighted by Gasteiger charge is 2.21.